The van der Waals surface area contributed by atoms with Crippen LogP contribution in [0.15, 0.2) is 24.5 Å². The third kappa shape index (κ3) is 4.59. The van der Waals surface area contributed by atoms with E-state index in [9.17, 15) is 0 Å². The molecule has 3 nitrogen and oxygen atoms in total. The standard InChI is InChI=1S/C16H27N3/c1-3-19-12-7-16(8-13-19)14(2)18-11-6-15-4-9-17-10-5-15/h4-5,9-10,14,16,18H,3,6-8,11-13H2,1-2H3. The zero-order valence-electron chi connectivity index (χ0n) is 12.3. The van der Waals surface area contributed by atoms with E-state index in [0.29, 0.717) is 6.04 Å². The van der Waals surface area contributed by atoms with Gasteiger partial charge in [-0.1, -0.05) is 6.92 Å². The molecule has 0 amide bonds. The second-order valence-corrected chi connectivity index (χ2v) is 5.62. The van der Waals surface area contributed by atoms with Crippen LogP contribution in [0.25, 0.3) is 0 Å². The largest absolute Gasteiger partial charge is 0.314 e. The van der Waals surface area contributed by atoms with Crippen LogP contribution in [0.1, 0.15) is 32.3 Å². The Kier molecular flexibility index (Phi) is 5.80. The minimum Gasteiger partial charge on any atom is -0.314 e. The molecule has 1 unspecified atom stereocenters. The normalized spacial score (nSPS) is 19.5. The summed E-state index contributed by atoms with van der Waals surface area (Å²) in [5.41, 5.74) is 1.37. The van der Waals surface area contributed by atoms with E-state index in [0.717, 1.165) is 18.9 Å². The Balaban J connectivity index is 1.66. The summed E-state index contributed by atoms with van der Waals surface area (Å²) in [7, 11) is 0. The summed E-state index contributed by atoms with van der Waals surface area (Å²) in [6.07, 6.45) is 7.54. The molecule has 0 aliphatic carbocycles. The molecule has 1 aliphatic rings. The van der Waals surface area contributed by atoms with Crippen LogP contribution in [0.4, 0.5) is 0 Å². The number of hydrogen-bond acceptors (Lipinski definition) is 3. The first-order valence-corrected chi connectivity index (χ1v) is 7.64. The van der Waals surface area contributed by atoms with Gasteiger partial charge in [-0.3, -0.25) is 4.98 Å². The molecule has 1 aromatic rings. The fourth-order valence-corrected chi connectivity index (χ4v) is 2.93. The van der Waals surface area contributed by atoms with Gasteiger partial charge in [-0.05, 0) is 76.0 Å². The molecule has 106 valence electrons. The van der Waals surface area contributed by atoms with E-state index in [1.807, 2.05) is 12.4 Å². The van der Waals surface area contributed by atoms with E-state index in [1.165, 1.54) is 38.0 Å². The van der Waals surface area contributed by atoms with Crippen LogP contribution in [-0.4, -0.2) is 42.1 Å². The van der Waals surface area contributed by atoms with Gasteiger partial charge in [-0.25, -0.2) is 0 Å². The van der Waals surface area contributed by atoms with Crippen molar-refractivity contribution in [1.82, 2.24) is 15.2 Å². The molecule has 0 radical (unpaired) electrons. The molecule has 19 heavy (non-hydrogen) atoms. The number of rotatable bonds is 6. The second-order valence-electron chi connectivity index (χ2n) is 5.62. The number of nitrogens with zero attached hydrogens (tertiary/aromatic N) is 2. The molecule has 0 spiro atoms. The van der Waals surface area contributed by atoms with Crippen LogP contribution >= 0.6 is 0 Å². The van der Waals surface area contributed by atoms with Crippen LogP contribution < -0.4 is 5.32 Å². The van der Waals surface area contributed by atoms with E-state index in [-0.39, 0.29) is 0 Å². The summed E-state index contributed by atoms with van der Waals surface area (Å²) in [5, 5.41) is 3.69. The molecule has 0 bridgehead atoms. The lowest BCUT2D eigenvalue weighted by molar-refractivity contribution is 0.169. The predicted octanol–water partition coefficient (Wildman–Crippen LogP) is 2.33. The summed E-state index contributed by atoms with van der Waals surface area (Å²) in [6.45, 7) is 9.43. The van der Waals surface area contributed by atoms with Crippen molar-refractivity contribution in [2.75, 3.05) is 26.2 Å². The van der Waals surface area contributed by atoms with E-state index in [1.54, 1.807) is 0 Å². The van der Waals surface area contributed by atoms with Gasteiger partial charge in [0, 0.05) is 18.4 Å². The van der Waals surface area contributed by atoms with Gasteiger partial charge in [0.05, 0.1) is 0 Å². The predicted molar refractivity (Wildman–Crippen MR) is 80.2 cm³/mol. The molecule has 1 saturated heterocycles. The number of likely N-dealkylation sites (tertiary alicyclic amines) is 1. The first-order valence-electron chi connectivity index (χ1n) is 7.64. The average molecular weight is 261 g/mol. The monoisotopic (exact) mass is 261 g/mol. The van der Waals surface area contributed by atoms with Gasteiger partial charge < -0.3 is 10.2 Å². The number of hydrogen-bond donors (Lipinski definition) is 1. The van der Waals surface area contributed by atoms with Crippen molar-refractivity contribution in [3.05, 3.63) is 30.1 Å². The Morgan fingerprint density at radius 2 is 2.00 bits per heavy atom. The van der Waals surface area contributed by atoms with Crippen molar-refractivity contribution in [3.63, 3.8) is 0 Å². The number of aromatic nitrogens is 1. The zero-order valence-corrected chi connectivity index (χ0v) is 12.3. The molecular formula is C16H27N3. The lowest BCUT2D eigenvalue weighted by Crippen LogP contribution is -2.42. The Morgan fingerprint density at radius 3 is 2.63 bits per heavy atom. The van der Waals surface area contributed by atoms with Gasteiger partial charge in [0.25, 0.3) is 0 Å². The molecule has 1 aliphatic heterocycles. The highest BCUT2D eigenvalue weighted by molar-refractivity contribution is 5.09. The topological polar surface area (TPSA) is 28.2 Å². The first kappa shape index (κ1) is 14.5. The van der Waals surface area contributed by atoms with Crippen molar-refractivity contribution in [3.8, 4) is 0 Å². The lowest BCUT2D eigenvalue weighted by Gasteiger charge is -2.34. The summed E-state index contributed by atoms with van der Waals surface area (Å²) in [4.78, 5) is 6.61. The maximum atomic E-state index is 4.05. The van der Waals surface area contributed by atoms with Crippen LogP contribution in [0, 0.1) is 5.92 Å². The second kappa shape index (κ2) is 7.61. The molecular weight excluding hydrogens is 234 g/mol. The van der Waals surface area contributed by atoms with Gasteiger partial charge in [0.2, 0.25) is 0 Å². The third-order valence-corrected chi connectivity index (χ3v) is 4.42. The molecule has 0 saturated carbocycles. The van der Waals surface area contributed by atoms with E-state index < -0.39 is 0 Å². The van der Waals surface area contributed by atoms with Crippen LogP contribution in [0.3, 0.4) is 0 Å². The average Bonchev–Trinajstić information content (AvgIpc) is 2.48. The van der Waals surface area contributed by atoms with Crippen LogP contribution in [0.2, 0.25) is 0 Å². The van der Waals surface area contributed by atoms with Crippen molar-refractivity contribution < 1.29 is 0 Å². The van der Waals surface area contributed by atoms with Crippen molar-refractivity contribution in [1.29, 1.82) is 0 Å². The molecule has 1 aromatic heterocycles. The maximum Gasteiger partial charge on any atom is 0.0270 e. The SMILES string of the molecule is CCN1CCC(C(C)NCCc2ccncc2)CC1. The summed E-state index contributed by atoms with van der Waals surface area (Å²) < 4.78 is 0. The highest BCUT2D eigenvalue weighted by Gasteiger charge is 2.22. The third-order valence-electron chi connectivity index (χ3n) is 4.42. The summed E-state index contributed by atoms with van der Waals surface area (Å²) >= 11 is 0. The van der Waals surface area contributed by atoms with Crippen LogP contribution in [-0.2, 0) is 6.42 Å². The molecule has 1 N–H and O–H groups in total. The minimum absolute atomic E-state index is 0.640. The Hall–Kier alpha value is -0.930. The van der Waals surface area contributed by atoms with Crippen molar-refractivity contribution in [2.24, 2.45) is 5.92 Å². The molecule has 0 aromatic carbocycles. The fourth-order valence-electron chi connectivity index (χ4n) is 2.93. The van der Waals surface area contributed by atoms with Gasteiger partial charge in [-0.15, -0.1) is 0 Å². The molecule has 1 fully saturated rings. The van der Waals surface area contributed by atoms with Crippen LogP contribution in [0.5, 0.6) is 0 Å². The van der Waals surface area contributed by atoms with E-state index in [4.69, 9.17) is 0 Å². The van der Waals surface area contributed by atoms with E-state index >= 15 is 0 Å². The van der Waals surface area contributed by atoms with Gasteiger partial charge in [0.15, 0.2) is 0 Å². The zero-order chi connectivity index (χ0) is 13.5. The molecule has 2 rings (SSSR count). The Labute approximate surface area is 117 Å². The van der Waals surface area contributed by atoms with Crippen molar-refractivity contribution >= 4 is 0 Å². The molecule has 3 heteroatoms. The Morgan fingerprint density at radius 1 is 1.32 bits per heavy atom. The van der Waals surface area contributed by atoms with Gasteiger partial charge in [0.1, 0.15) is 0 Å². The molecule has 1 atom stereocenters. The first-order chi connectivity index (χ1) is 9.29. The van der Waals surface area contributed by atoms with Gasteiger partial charge in [-0.2, -0.15) is 0 Å². The summed E-state index contributed by atoms with van der Waals surface area (Å²) in [6, 6.07) is 4.85. The number of nitrogens with one attached hydrogen (secondary N) is 1. The lowest BCUT2D eigenvalue weighted by atomic mass is 9.90. The minimum atomic E-state index is 0.640. The van der Waals surface area contributed by atoms with Gasteiger partial charge >= 0.3 is 0 Å². The quantitative estimate of drug-likeness (QED) is 0.852. The highest BCUT2D eigenvalue weighted by atomic mass is 15.1. The van der Waals surface area contributed by atoms with Crippen molar-refractivity contribution in [2.45, 2.75) is 39.2 Å². The Bertz CT molecular complexity index is 344. The highest BCUT2D eigenvalue weighted by Crippen LogP contribution is 2.20. The number of pyridine rings is 1. The maximum absolute atomic E-state index is 4.05. The van der Waals surface area contributed by atoms with E-state index in [2.05, 4.69) is 41.2 Å². The fraction of sp³-hybridized carbons (Fsp3) is 0.688. The summed E-state index contributed by atoms with van der Waals surface area (Å²) in [5.74, 6) is 0.847. The smallest absolute Gasteiger partial charge is 0.0270 e. The molecule has 2 heterocycles. The number of piperidine rings is 1.